The van der Waals surface area contributed by atoms with Gasteiger partial charge in [0.25, 0.3) is 0 Å². The lowest BCUT2D eigenvalue weighted by atomic mass is 9.71. The van der Waals surface area contributed by atoms with Gasteiger partial charge >= 0.3 is 5.97 Å². The summed E-state index contributed by atoms with van der Waals surface area (Å²) in [6, 6.07) is -0.211. The van der Waals surface area contributed by atoms with Crippen LogP contribution in [-0.2, 0) is 9.59 Å². The molecule has 0 aromatic rings. The second-order valence-corrected chi connectivity index (χ2v) is 6.25. The van der Waals surface area contributed by atoms with Crippen molar-refractivity contribution < 1.29 is 14.7 Å². The fourth-order valence-electron chi connectivity index (χ4n) is 2.98. The van der Waals surface area contributed by atoms with Crippen LogP contribution in [0.25, 0.3) is 0 Å². The predicted octanol–water partition coefficient (Wildman–Crippen LogP) is 3.50. The summed E-state index contributed by atoms with van der Waals surface area (Å²) >= 11 is 0. The minimum absolute atomic E-state index is 0.0147. The van der Waals surface area contributed by atoms with Crippen molar-refractivity contribution in [1.29, 1.82) is 0 Å². The first kappa shape index (κ1) is 17.0. The van der Waals surface area contributed by atoms with Crippen molar-refractivity contribution in [2.75, 3.05) is 0 Å². The van der Waals surface area contributed by atoms with Crippen LogP contribution in [-0.4, -0.2) is 23.0 Å². The summed E-state index contributed by atoms with van der Waals surface area (Å²) in [6.07, 6.45) is 9.50. The Morgan fingerprint density at radius 1 is 1.20 bits per heavy atom. The zero-order valence-corrected chi connectivity index (χ0v) is 12.9. The van der Waals surface area contributed by atoms with E-state index in [0.29, 0.717) is 12.8 Å². The molecule has 0 aliphatic heterocycles. The number of amides is 1. The van der Waals surface area contributed by atoms with Crippen LogP contribution in [0.2, 0.25) is 0 Å². The first-order valence-electron chi connectivity index (χ1n) is 8.03. The van der Waals surface area contributed by atoms with Gasteiger partial charge in [0, 0.05) is 12.5 Å². The minimum Gasteiger partial charge on any atom is -0.481 e. The first-order chi connectivity index (χ1) is 9.50. The quantitative estimate of drug-likeness (QED) is 0.670. The van der Waals surface area contributed by atoms with Gasteiger partial charge in [0.15, 0.2) is 0 Å². The fourth-order valence-corrected chi connectivity index (χ4v) is 2.98. The highest BCUT2D eigenvalue weighted by molar-refractivity contribution is 5.79. The monoisotopic (exact) mass is 283 g/mol. The Kier molecular flexibility index (Phi) is 7.03. The van der Waals surface area contributed by atoms with E-state index in [1.165, 1.54) is 19.3 Å². The Bertz CT molecular complexity index is 330. The maximum atomic E-state index is 12.0. The molecule has 0 radical (unpaired) electrons. The third-order valence-corrected chi connectivity index (χ3v) is 4.54. The lowest BCUT2D eigenvalue weighted by molar-refractivity contribution is -0.152. The van der Waals surface area contributed by atoms with Crippen LogP contribution in [0.5, 0.6) is 0 Å². The molecular weight excluding hydrogens is 254 g/mol. The molecule has 0 heterocycles. The van der Waals surface area contributed by atoms with Gasteiger partial charge in [0.2, 0.25) is 5.91 Å². The van der Waals surface area contributed by atoms with Crippen molar-refractivity contribution in [2.45, 2.75) is 84.1 Å². The highest BCUT2D eigenvalue weighted by Crippen LogP contribution is 2.36. The van der Waals surface area contributed by atoms with Gasteiger partial charge in [-0.15, -0.1) is 0 Å². The SMILES string of the molecule is CCCCCCCC(=O)NC1CCCCC1(C)C(=O)O. The minimum atomic E-state index is -0.796. The number of nitrogens with one attached hydrogen (secondary N) is 1. The van der Waals surface area contributed by atoms with Gasteiger partial charge in [-0.3, -0.25) is 9.59 Å². The third-order valence-electron chi connectivity index (χ3n) is 4.54. The van der Waals surface area contributed by atoms with Crippen molar-refractivity contribution in [1.82, 2.24) is 5.32 Å². The molecule has 0 bridgehead atoms. The van der Waals surface area contributed by atoms with Crippen LogP contribution >= 0.6 is 0 Å². The van der Waals surface area contributed by atoms with Crippen LogP contribution < -0.4 is 5.32 Å². The van der Waals surface area contributed by atoms with Crippen LogP contribution in [0.3, 0.4) is 0 Å². The second kappa shape index (κ2) is 8.28. The zero-order chi connectivity index (χ0) is 15.0. The molecule has 116 valence electrons. The second-order valence-electron chi connectivity index (χ2n) is 6.25. The van der Waals surface area contributed by atoms with Gasteiger partial charge < -0.3 is 10.4 Å². The Hall–Kier alpha value is -1.06. The van der Waals surface area contributed by atoms with Gasteiger partial charge in [-0.05, 0) is 26.2 Å². The normalized spacial score (nSPS) is 26.2. The zero-order valence-electron chi connectivity index (χ0n) is 12.9. The fraction of sp³-hybridized carbons (Fsp3) is 0.875. The molecule has 1 fully saturated rings. The van der Waals surface area contributed by atoms with E-state index < -0.39 is 11.4 Å². The van der Waals surface area contributed by atoms with E-state index in [4.69, 9.17) is 0 Å². The smallest absolute Gasteiger partial charge is 0.311 e. The maximum Gasteiger partial charge on any atom is 0.311 e. The number of rotatable bonds is 8. The van der Waals surface area contributed by atoms with Crippen molar-refractivity contribution in [3.8, 4) is 0 Å². The molecule has 1 saturated carbocycles. The molecule has 0 spiro atoms. The van der Waals surface area contributed by atoms with Crippen molar-refractivity contribution >= 4 is 11.9 Å². The Morgan fingerprint density at radius 3 is 2.55 bits per heavy atom. The molecule has 1 amide bonds. The van der Waals surface area contributed by atoms with Crippen LogP contribution in [0.4, 0.5) is 0 Å². The van der Waals surface area contributed by atoms with E-state index in [0.717, 1.165) is 32.1 Å². The molecule has 20 heavy (non-hydrogen) atoms. The average Bonchev–Trinajstić information content (AvgIpc) is 2.41. The van der Waals surface area contributed by atoms with Gasteiger partial charge in [0.05, 0.1) is 5.41 Å². The van der Waals surface area contributed by atoms with E-state index in [2.05, 4.69) is 12.2 Å². The standard InChI is InChI=1S/C16H29NO3/c1-3-4-5-6-7-11-14(18)17-13-10-8-9-12-16(13,2)15(19)20/h13H,3-12H2,1-2H3,(H,17,18)(H,19,20). The van der Waals surface area contributed by atoms with Gasteiger partial charge in [0.1, 0.15) is 0 Å². The van der Waals surface area contributed by atoms with E-state index >= 15 is 0 Å². The van der Waals surface area contributed by atoms with E-state index in [-0.39, 0.29) is 11.9 Å². The topological polar surface area (TPSA) is 66.4 Å². The number of carbonyl (C=O) groups is 2. The lowest BCUT2D eigenvalue weighted by Crippen LogP contribution is -2.52. The summed E-state index contributed by atoms with van der Waals surface area (Å²) in [5, 5.41) is 12.4. The highest BCUT2D eigenvalue weighted by Gasteiger charge is 2.43. The van der Waals surface area contributed by atoms with E-state index in [9.17, 15) is 14.7 Å². The molecule has 2 N–H and O–H groups in total. The van der Waals surface area contributed by atoms with Gasteiger partial charge in [-0.25, -0.2) is 0 Å². The molecule has 0 saturated heterocycles. The maximum absolute atomic E-state index is 12.0. The average molecular weight is 283 g/mol. The van der Waals surface area contributed by atoms with Crippen molar-refractivity contribution in [3.63, 3.8) is 0 Å². The van der Waals surface area contributed by atoms with Gasteiger partial charge in [-0.2, -0.15) is 0 Å². The Balaban J connectivity index is 2.37. The molecule has 4 nitrogen and oxygen atoms in total. The number of hydrogen-bond donors (Lipinski definition) is 2. The molecule has 4 heteroatoms. The Morgan fingerprint density at radius 2 is 1.90 bits per heavy atom. The molecule has 2 atom stereocenters. The molecule has 0 aromatic carbocycles. The largest absolute Gasteiger partial charge is 0.481 e. The molecule has 1 aliphatic carbocycles. The predicted molar refractivity (Wildman–Crippen MR) is 79.5 cm³/mol. The number of aliphatic carboxylic acids is 1. The number of carbonyl (C=O) groups excluding carboxylic acids is 1. The number of hydrogen-bond acceptors (Lipinski definition) is 2. The molecule has 2 unspecified atom stereocenters. The summed E-state index contributed by atoms with van der Waals surface area (Å²) in [6.45, 7) is 3.93. The summed E-state index contributed by atoms with van der Waals surface area (Å²) in [5.74, 6) is -0.772. The molecule has 0 aromatic heterocycles. The summed E-state index contributed by atoms with van der Waals surface area (Å²) < 4.78 is 0. The molecular formula is C16H29NO3. The highest BCUT2D eigenvalue weighted by atomic mass is 16.4. The number of unbranched alkanes of at least 4 members (excludes halogenated alkanes) is 4. The van der Waals surface area contributed by atoms with Crippen LogP contribution in [0.15, 0.2) is 0 Å². The summed E-state index contributed by atoms with van der Waals surface area (Å²) in [5.41, 5.74) is -0.796. The first-order valence-corrected chi connectivity index (χ1v) is 8.03. The number of carboxylic acid groups (broad SMARTS) is 1. The van der Waals surface area contributed by atoms with Gasteiger partial charge in [-0.1, -0.05) is 45.4 Å². The third kappa shape index (κ3) is 4.80. The van der Waals surface area contributed by atoms with Crippen molar-refractivity contribution in [2.24, 2.45) is 5.41 Å². The van der Waals surface area contributed by atoms with Crippen LogP contribution in [0.1, 0.15) is 78.1 Å². The van der Waals surface area contributed by atoms with E-state index in [1.54, 1.807) is 6.92 Å². The Labute approximate surface area is 122 Å². The lowest BCUT2D eigenvalue weighted by Gasteiger charge is -2.38. The molecule has 1 aliphatic rings. The summed E-state index contributed by atoms with van der Waals surface area (Å²) in [4.78, 5) is 23.4. The molecule has 1 rings (SSSR count). The van der Waals surface area contributed by atoms with Crippen molar-refractivity contribution in [3.05, 3.63) is 0 Å². The number of carboxylic acids is 1. The van der Waals surface area contributed by atoms with Crippen LogP contribution in [0, 0.1) is 5.41 Å². The van der Waals surface area contributed by atoms with E-state index in [1.807, 2.05) is 0 Å². The summed E-state index contributed by atoms with van der Waals surface area (Å²) in [7, 11) is 0.